The molecule has 0 radical (unpaired) electrons. The summed E-state index contributed by atoms with van der Waals surface area (Å²) in [6.07, 6.45) is -0.518. The van der Waals surface area contributed by atoms with Crippen molar-refractivity contribution in [3.05, 3.63) is 29.8 Å². The third-order valence-electron chi connectivity index (χ3n) is 1.55. The van der Waals surface area contributed by atoms with Gasteiger partial charge < -0.3 is 15.9 Å². The summed E-state index contributed by atoms with van der Waals surface area (Å²) in [5.74, 6) is 0.213. The topological polar surface area (TPSA) is 68.1 Å². The number of aliphatic hydroxyl groups excluding tert-OH is 1. The molecular formula is C8H12NO2+. The molecule has 3 nitrogen and oxygen atoms in total. The first-order valence-electron chi connectivity index (χ1n) is 3.50. The Morgan fingerprint density at radius 2 is 1.82 bits per heavy atom. The van der Waals surface area contributed by atoms with E-state index in [-0.39, 0.29) is 5.75 Å². The third-order valence-corrected chi connectivity index (χ3v) is 1.55. The highest BCUT2D eigenvalue weighted by molar-refractivity contribution is 5.27. The predicted octanol–water partition coefficient (Wildman–Crippen LogP) is -0.332. The number of hydrogen-bond donors (Lipinski definition) is 3. The molecule has 0 spiro atoms. The second-order valence-corrected chi connectivity index (χ2v) is 2.40. The van der Waals surface area contributed by atoms with Gasteiger partial charge in [-0.2, -0.15) is 0 Å². The molecule has 0 heterocycles. The highest BCUT2D eigenvalue weighted by Crippen LogP contribution is 2.14. The molecule has 0 aliphatic heterocycles. The average molecular weight is 154 g/mol. The van der Waals surface area contributed by atoms with E-state index in [1.54, 1.807) is 24.3 Å². The maximum atomic E-state index is 9.28. The SMILES string of the molecule is [NH3+]C[C@H](O)c1ccc(O)cc1. The fourth-order valence-corrected chi connectivity index (χ4v) is 0.863. The molecule has 0 saturated carbocycles. The van der Waals surface area contributed by atoms with Gasteiger partial charge in [-0.1, -0.05) is 12.1 Å². The van der Waals surface area contributed by atoms with Crippen molar-refractivity contribution in [2.45, 2.75) is 6.10 Å². The van der Waals surface area contributed by atoms with Gasteiger partial charge in [-0.3, -0.25) is 0 Å². The van der Waals surface area contributed by atoms with E-state index in [0.717, 1.165) is 5.56 Å². The summed E-state index contributed by atoms with van der Waals surface area (Å²) < 4.78 is 0. The van der Waals surface area contributed by atoms with Gasteiger partial charge in [-0.15, -0.1) is 0 Å². The second kappa shape index (κ2) is 3.37. The van der Waals surface area contributed by atoms with E-state index in [4.69, 9.17) is 5.11 Å². The summed E-state index contributed by atoms with van der Waals surface area (Å²) in [6.45, 7) is 0.449. The summed E-state index contributed by atoms with van der Waals surface area (Å²) >= 11 is 0. The molecule has 0 saturated heterocycles. The molecule has 0 unspecified atom stereocenters. The van der Waals surface area contributed by atoms with Gasteiger partial charge in [0.2, 0.25) is 0 Å². The lowest BCUT2D eigenvalue weighted by Gasteiger charge is -2.04. The van der Waals surface area contributed by atoms with Gasteiger partial charge in [0.05, 0.1) is 0 Å². The van der Waals surface area contributed by atoms with Crippen LogP contribution in [0, 0.1) is 0 Å². The van der Waals surface area contributed by atoms with Gasteiger partial charge >= 0.3 is 0 Å². The number of aliphatic hydroxyl groups is 1. The Labute approximate surface area is 65.1 Å². The van der Waals surface area contributed by atoms with Crippen molar-refractivity contribution in [3.63, 3.8) is 0 Å². The van der Waals surface area contributed by atoms with Crippen molar-refractivity contribution < 1.29 is 15.9 Å². The van der Waals surface area contributed by atoms with Crippen LogP contribution in [0.4, 0.5) is 0 Å². The van der Waals surface area contributed by atoms with Crippen LogP contribution in [0.25, 0.3) is 0 Å². The molecule has 0 amide bonds. The number of quaternary nitrogens is 1. The van der Waals surface area contributed by atoms with Crippen LogP contribution in [0.1, 0.15) is 11.7 Å². The molecule has 1 aromatic rings. The lowest BCUT2D eigenvalue weighted by molar-refractivity contribution is -0.385. The fraction of sp³-hybridized carbons (Fsp3) is 0.250. The molecule has 0 aliphatic carbocycles. The average Bonchev–Trinajstić information content (AvgIpc) is 2.05. The van der Waals surface area contributed by atoms with Gasteiger partial charge in [0.25, 0.3) is 0 Å². The molecule has 1 rings (SSSR count). The Balaban J connectivity index is 2.81. The highest BCUT2D eigenvalue weighted by Gasteiger charge is 2.05. The lowest BCUT2D eigenvalue weighted by atomic mass is 10.1. The zero-order valence-corrected chi connectivity index (χ0v) is 6.20. The summed E-state index contributed by atoms with van der Waals surface area (Å²) in [5, 5.41) is 18.2. The fourth-order valence-electron chi connectivity index (χ4n) is 0.863. The molecule has 0 aromatic heterocycles. The summed E-state index contributed by atoms with van der Waals surface area (Å²) in [4.78, 5) is 0. The molecule has 11 heavy (non-hydrogen) atoms. The van der Waals surface area contributed by atoms with E-state index in [0.29, 0.717) is 6.54 Å². The van der Waals surface area contributed by atoms with Crippen molar-refractivity contribution in [3.8, 4) is 5.75 Å². The summed E-state index contributed by atoms with van der Waals surface area (Å²) in [7, 11) is 0. The van der Waals surface area contributed by atoms with Gasteiger partial charge in [0.15, 0.2) is 0 Å². The van der Waals surface area contributed by atoms with Crippen LogP contribution < -0.4 is 5.73 Å². The molecule has 0 bridgehead atoms. The Morgan fingerprint density at radius 3 is 2.27 bits per heavy atom. The van der Waals surface area contributed by atoms with E-state index in [2.05, 4.69) is 5.73 Å². The van der Waals surface area contributed by atoms with E-state index in [9.17, 15) is 5.11 Å². The molecule has 3 heteroatoms. The molecule has 0 fully saturated rings. The number of aromatic hydroxyl groups is 1. The number of phenols is 1. The van der Waals surface area contributed by atoms with Crippen LogP contribution in [-0.2, 0) is 0 Å². The maximum Gasteiger partial charge on any atom is 0.128 e. The van der Waals surface area contributed by atoms with E-state index < -0.39 is 6.10 Å². The predicted molar refractivity (Wildman–Crippen MR) is 40.8 cm³/mol. The number of phenolic OH excluding ortho intramolecular Hbond substituents is 1. The minimum Gasteiger partial charge on any atom is -0.508 e. The molecule has 5 N–H and O–H groups in total. The Kier molecular flexibility index (Phi) is 2.46. The Hall–Kier alpha value is -1.06. The minimum atomic E-state index is -0.518. The quantitative estimate of drug-likeness (QED) is 0.546. The molecular weight excluding hydrogens is 142 g/mol. The smallest absolute Gasteiger partial charge is 0.128 e. The van der Waals surface area contributed by atoms with Crippen molar-refractivity contribution >= 4 is 0 Å². The van der Waals surface area contributed by atoms with E-state index >= 15 is 0 Å². The van der Waals surface area contributed by atoms with Crippen molar-refractivity contribution in [2.75, 3.05) is 6.54 Å². The second-order valence-electron chi connectivity index (χ2n) is 2.40. The standard InChI is InChI=1S/C8H11NO2/c9-5-8(11)6-1-3-7(10)4-2-6/h1-4,8,10-11H,5,9H2/p+1/t8-/m0/s1. The molecule has 0 aliphatic rings. The first kappa shape index (κ1) is 8.04. The zero-order chi connectivity index (χ0) is 8.27. The number of hydrogen-bond acceptors (Lipinski definition) is 2. The Morgan fingerprint density at radius 1 is 1.27 bits per heavy atom. The number of benzene rings is 1. The Bertz CT molecular complexity index is 220. The summed E-state index contributed by atoms with van der Waals surface area (Å²) in [5.41, 5.74) is 4.36. The molecule has 60 valence electrons. The zero-order valence-electron chi connectivity index (χ0n) is 6.20. The summed E-state index contributed by atoms with van der Waals surface area (Å²) in [6, 6.07) is 6.47. The molecule has 1 atom stereocenters. The van der Waals surface area contributed by atoms with E-state index in [1.807, 2.05) is 0 Å². The molecule has 1 aromatic carbocycles. The highest BCUT2D eigenvalue weighted by atomic mass is 16.3. The van der Waals surface area contributed by atoms with Gasteiger partial charge in [-0.05, 0) is 17.7 Å². The largest absolute Gasteiger partial charge is 0.508 e. The monoisotopic (exact) mass is 154 g/mol. The first-order chi connectivity index (χ1) is 5.24. The van der Waals surface area contributed by atoms with Gasteiger partial charge in [0.1, 0.15) is 18.4 Å². The minimum absolute atomic E-state index is 0.213. The van der Waals surface area contributed by atoms with Gasteiger partial charge in [-0.25, -0.2) is 0 Å². The van der Waals surface area contributed by atoms with Crippen LogP contribution in [0.3, 0.4) is 0 Å². The van der Waals surface area contributed by atoms with Crippen molar-refractivity contribution in [1.82, 2.24) is 0 Å². The third kappa shape index (κ3) is 1.93. The van der Waals surface area contributed by atoms with Crippen LogP contribution >= 0.6 is 0 Å². The van der Waals surface area contributed by atoms with Gasteiger partial charge in [0, 0.05) is 0 Å². The van der Waals surface area contributed by atoms with Crippen LogP contribution in [0.5, 0.6) is 5.75 Å². The van der Waals surface area contributed by atoms with Crippen LogP contribution in [0.15, 0.2) is 24.3 Å². The first-order valence-corrected chi connectivity index (χ1v) is 3.50. The maximum absolute atomic E-state index is 9.28. The van der Waals surface area contributed by atoms with Crippen LogP contribution in [-0.4, -0.2) is 16.8 Å². The van der Waals surface area contributed by atoms with Crippen molar-refractivity contribution in [2.24, 2.45) is 0 Å². The van der Waals surface area contributed by atoms with E-state index in [1.165, 1.54) is 0 Å². The van der Waals surface area contributed by atoms with Crippen LogP contribution in [0.2, 0.25) is 0 Å². The van der Waals surface area contributed by atoms with Crippen molar-refractivity contribution in [1.29, 1.82) is 0 Å². The number of rotatable bonds is 2. The lowest BCUT2D eigenvalue weighted by Crippen LogP contribution is -2.52. The normalized spacial score (nSPS) is 12.9.